The second-order valence-electron chi connectivity index (χ2n) is 8.63. The third-order valence-electron chi connectivity index (χ3n) is 6.07. The number of nitrogens with zero attached hydrogens (tertiary/aromatic N) is 2. The van der Waals surface area contributed by atoms with Crippen LogP contribution >= 0.6 is 0 Å². The number of anilines is 1. The van der Waals surface area contributed by atoms with Crippen molar-refractivity contribution >= 4 is 22.5 Å². The van der Waals surface area contributed by atoms with Crippen molar-refractivity contribution in [1.29, 1.82) is 0 Å². The van der Waals surface area contributed by atoms with Gasteiger partial charge in [-0.15, -0.1) is 0 Å². The van der Waals surface area contributed by atoms with Crippen LogP contribution in [0, 0.1) is 0 Å². The van der Waals surface area contributed by atoms with E-state index in [1.54, 1.807) is 6.20 Å². The van der Waals surface area contributed by atoms with E-state index in [9.17, 15) is 4.79 Å². The number of nitrogens with one attached hydrogen (secondary N) is 1. The molecule has 0 spiro atoms. The highest BCUT2D eigenvalue weighted by molar-refractivity contribution is 6.03. The number of aromatic nitrogens is 2. The summed E-state index contributed by atoms with van der Waals surface area (Å²) in [7, 11) is 0. The number of amides is 1. The van der Waals surface area contributed by atoms with Crippen LogP contribution in [0.4, 0.5) is 5.69 Å². The van der Waals surface area contributed by atoms with Crippen LogP contribution in [0.15, 0.2) is 61.0 Å². The van der Waals surface area contributed by atoms with E-state index < -0.39 is 0 Å². The first-order valence-corrected chi connectivity index (χ1v) is 11.6. The Kier molecular flexibility index (Phi) is 6.41. The summed E-state index contributed by atoms with van der Waals surface area (Å²) in [5, 5.41) is 8.24. The Labute approximate surface area is 193 Å². The first-order chi connectivity index (χ1) is 16.2. The van der Waals surface area contributed by atoms with Crippen molar-refractivity contribution in [3.63, 3.8) is 0 Å². The zero-order valence-corrected chi connectivity index (χ0v) is 18.7. The number of carbonyl (C=O) groups excluding carboxylic acids is 1. The normalized spacial score (nSPS) is 18.2. The van der Waals surface area contributed by atoms with Gasteiger partial charge in [-0.05, 0) is 73.9 Å². The van der Waals surface area contributed by atoms with Gasteiger partial charge in [0.2, 0.25) is 0 Å². The number of hydrogen-bond donors (Lipinski definition) is 1. The fourth-order valence-corrected chi connectivity index (χ4v) is 4.07. The second-order valence-corrected chi connectivity index (χ2v) is 8.63. The number of fused-ring (bicyclic) bond motifs is 1. The Bertz CT molecular complexity index is 1130. The third-order valence-corrected chi connectivity index (χ3v) is 6.07. The quantitative estimate of drug-likeness (QED) is 0.370. The number of rotatable bonds is 9. The molecule has 2 aromatic carbocycles. The molecule has 0 bridgehead atoms. The van der Waals surface area contributed by atoms with Gasteiger partial charge in [0.15, 0.2) is 12.0 Å². The summed E-state index contributed by atoms with van der Waals surface area (Å²) in [5.74, 6) is 0.960. The van der Waals surface area contributed by atoms with E-state index in [-0.39, 0.29) is 18.0 Å². The first kappa shape index (κ1) is 21.7. The van der Waals surface area contributed by atoms with Gasteiger partial charge in [0.1, 0.15) is 5.75 Å². The van der Waals surface area contributed by atoms with E-state index in [1.165, 1.54) is 18.4 Å². The summed E-state index contributed by atoms with van der Waals surface area (Å²) < 4.78 is 19.0. The molecule has 1 saturated carbocycles. The molecule has 0 radical (unpaired) electrons. The molecule has 2 heterocycles. The van der Waals surface area contributed by atoms with Crippen molar-refractivity contribution in [1.82, 2.24) is 9.78 Å². The monoisotopic (exact) mass is 447 g/mol. The molecule has 1 unspecified atom stereocenters. The molecule has 1 N–H and O–H groups in total. The highest BCUT2D eigenvalue weighted by Crippen LogP contribution is 2.40. The fourth-order valence-electron chi connectivity index (χ4n) is 4.07. The molecule has 3 aromatic rings. The number of carbonyl (C=O) groups is 1. The van der Waals surface area contributed by atoms with Crippen LogP contribution in [0.1, 0.15) is 43.6 Å². The summed E-state index contributed by atoms with van der Waals surface area (Å²) in [6, 6.07) is 13.6. The molecule has 7 nitrogen and oxygen atoms in total. The molecule has 2 aliphatic rings. The molecular formula is C26H29N3O4. The minimum Gasteiger partial charge on any atom is -0.452 e. The predicted molar refractivity (Wildman–Crippen MR) is 126 cm³/mol. The minimum atomic E-state index is -0.381. The van der Waals surface area contributed by atoms with E-state index >= 15 is 0 Å². The third kappa shape index (κ3) is 5.43. The van der Waals surface area contributed by atoms with Crippen LogP contribution in [0.5, 0.6) is 5.75 Å². The number of ether oxygens (including phenoxy) is 3. The Morgan fingerprint density at radius 3 is 2.76 bits per heavy atom. The molecule has 1 aliphatic carbocycles. The zero-order chi connectivity index (χ0) is 22.6. The van der Waals surface area contributed by atoms with Crippen LogP contribution in [0.3, 0.4) is 0 Å². The zero-order valence-electron chi connectivity index (χ0n) is 18.7. The van der Waals surface area contributed by atoms with Crippen LogP contribution in [-0.2, 0) is 20.8 Å². The molecule has 1 atom stereocenters. The van der Waals surface area contributed by atoms with Crippen LogP contribution in [0.25, 0.3) is 10.9 Å². The molecule has 1 aromatic heterocycles. The second kappa shape index (κ2) is 9.77. The first-order valence-electron chi connectivity index (χ1n) is 11.6. The Morgan fingerprint density at radius 1 is 1.15 bits per heavy atom. The van der Waals surface area contributed by atoms with Crippen LogP contribution in [0.2, 0.25) is 0 Å². The van der Waals surface area contributed by atoms with Gasteiger partial charge >= 0.3 is 0 Å². The lowest BCUT2D eigenvalue weighted by atomic mass is 10.1. The SMILES string of the molecule is C=C(Oc1ccc(C2CC2)cc1)C(=O)Nc1ccc2c(cnn2CCOC2CCCCO2)c1. The Hall–Kier alpha value is -3.16. The lowest BCUT2D eigenvalue weighted by Crippen LogP contribution is -2.24. The van der Waals surface area contributed by atoms with Crippen molar-refractivity contribution in [2.75, 3.05) is 18.5 Å². The van der Waals surface area contributed by atoms with Gasteiger partial charge < -0.3 is 19.5 Å². The predicted octanol–water partition coefficient (Wildman–Crippen LogP) is 4.99. The molecule has 2 fully saturated rings. The lowest BCUT2D eigenvalue weighted by molar-refractivity contribution is -0.163. The molecule has 7 heteroatoms. The van der Waals surface area contributed by atoms with Crippen molar-refractivity contribution < 1.29 is 19.0 Å². The molecule has 5 rings (SSSR count). The maximum atomic E-state index is 12.6. The van der Waals surface area contributed by atoms with Gasteiger partial charge in [-0.2, -0.15) is 5.10 Å². The van der Waals surface area contributed by atoms with Gasteiger partial charge in [-0.25, -0.2) is 0 Å². The van der Waals surface area contributed by atoms with E-state index in [4.69, 9.17) is 14.2 Å². The topological polar surface area (TPSA) is 74.6 Å². The minimum absolute atomic E-state index is 0.0482. The summed E-state index contributed by atoms with van der Waals surface area (Å²) in [6.07, 6.45) is 7.39. The van der Waals surface area contributed by atoms with Gasteiger partial charge in [-0.3, -0.25) is 9.48 Å². The highest BCUT2D eigenvalue weighted by atomic mass is 16.7. The Balaban J connectivity index is 1.14. The van der Waals surface area contributed by atoms with Crippen molar-refractivity contribution in [3.05, 3.63) is 66.6 Å². The standard InChI is InChI=1S/C26H29N3O4/c1-18(33-23-10-7-20(8-11-23)19-5-6-19)26(30)28-22-9-12-24-21(16-22)17-27-29(24)13-15-32-25-4-2-3-14-31-25/h7-12,16-17,19,25H,1-6,13-15H2,(H,28,30). The largest absolute Gasteiger partial charge is 0.452 e. The van der Waals surface area contributed by atoms with Gasteiger partial charge in [0.25, 0.3) is 5.91 Å². The van der Waals surface area contributed by atoms with E-state index in [1.807, 2.05) is 35.0 Å². The molecule has 1 saturated heterocycles. The number of benzene rings is 2. The maximum absolute atomic E-state index is 12.6. The summed E-state index contributed by atoms with van der Waals surface area (Å²) >= 11 is 0. The maximum Gasteiger partial charge on any atom is 0.290 e. The van der Waals surface area contributed by atoms with E-state index in [0.29, 0.717) is 30.5 Å². The van der Waals surface area contributed by atoms with Crippen LogP contribution in [-0.4, -0.2) is 35.2 Å². The van der Waals surface area contributed by atoms with E-state index in [2.05, 4.69) is 29.1 Å². The van der Waals surface area contributed by atoms with Crippen molar-refractivity contribution in [2.45, 2.75) is 50.9 Å². The summed E-state index contributed by atoms with van der Waals surface area (Å²) in [6.45, 7) is 5.73. The average molecular weight is 448 g/mol. The summed E-state index contributed by atoms with van der Waals surface area (Å²) in [4.78, 5) is 12.6. The van der Waals surface area contributed by atoms with Gasteiger partial charge in [-0.1, -0.05) is 18.7 Å². The molecule has 33 heavy (non-hydrogen) atoms. The smallest absolute Gasteiger partial charge is 0.290 e. The molecule has 172 valence electrons. The van der Waals surface area contributed by atoms with Gasteiger partial charge in [0, 0.05) is 17.7 Å². The highest BCUT2D eigenvalue weighted by Gasteiger charge is 2.23. The summed E-state index contributed by atoms with van der Waals surface area (Å²) in [5.41, 5.74) is 2.96. The molecular weight excluding hydrogens is 418 g/mol. The Morgan fingerprint density at radius 2 is 2.00 bits per heavy atom. The molecule has 1 amide bonds. The van der Waals surface area contributed by atoms with Crippen molar-refractivity contribution in [2.24, 2.45) is 0 Å². The number of hydrogen-bond acceptors (Lipinski definition) is 5. The van der Waals surface area contributed by atoms with Gasteiger partial charge in [0.05, 0.1) is 24.9 Å². The van der Waals surface area contributed by atoms with E-state index in [0.717, 1.165) is 36.8 Å². The van der Waals surface area contributed by atoms with Crippen LogP contribution < -0.4 is 10.1 Å². The fraction of sp³-hybridized carbons (Fsp3) is 0.385. The molecule has 1 aliphatic heterocycles. The lowest BCUT2D eigenvalue weighted by Gasteiger charge is -2.22. The van der Waals surface area contributed by atoms with Crippen molar-refractivity contribution in [3.8, 4) is 5.75 Å². The average Bonchev–Trinajstić information content (AvgIpc) is 3.61.